The first-order chi connectivity index (χ1) is 8.10. The molecule has 0 aliphatic carbocycles. The van der Waals surface area contributed by atoms with Gasteiger partial charge in [-0.25, -0.2) is 0 Å². The molecule has 1 aromatic carbocycles. The topological polar surface area (TPSA) is 101 Å². The van der Waals surface area contributed by atoms with E-state index in [0.29, 0.717) is 0 Å². The number of benzene rings is 1. The number of hydrogen-bond donors (Lipinski definition) is 4. The summed E-state index contributed by atoms with van der Waals surface area (Å²) in [5, 5.41) is 36.0. The number of phenols is 2. The van der Waals surface area contributed by atoms with E-state index < -0.39 is 5.91 Å². The molecule has 1 amide bonds. The molecule has 0 aliphatic heterocycles. The number of aliphatic hydroxyl groups excluding tert-OH is 2. The van der Waals surface area contributed by atoms with E-state index in [1.807, 2.05) is 0 Å². The maximum absolute atomic E-state index is 11.9. The lowest BCUT2D eigenvalue weighted by atomic mass is 10.1. The Kier molecular flexibility index (Phi) is 4.74. The summed E-state index contributed by atoms with van der Waals surface area (Å²) >= 11 is 0. The van der Waals surface area contributed by atoms with Crippen LogP contribution in [-0.4, -0.2) is 57.5 Å². The summed E-state index contributed by atoms with van der Waals surface area (Å²) in [5.74, 6) is -1.12. The van der Waals surface area contributed by atoms with Gasteiger partial charge in [-0.1, -0.05) is 0 Å². The second-order valence-electron chi connectivity index (χ2n) is 3.44. The van der Waals surface area contributed by atoms with Gasteiger partial charge in [0.25, 0.3) is 5.91 Å². The Hall–Kier alpha value is -1.79. The van der Waals surface area contributed by atoms with Gasteiger partial charge in [0.15, 0.2) is 11.5 Å². The number of nitrogens with zero attached hydrogens (tertiary/aromatic N) is 1. The highest BCUT2D eigenvalue weighted by molar-refractivity contribution is 5.94. The zero-order valence-corrected chi connectivity index (χ0v) is 9.20. The molecule has 4 N–H and O–H groups in total. The van der Waals surface area contributed by atoms with Crippen LogP contribution in [0.5, 0.6) is 11.5 Å². The minimum Gasteiger partial charge on any atom is -0.504 e. The molecule has 94 valence electrons. The van der Waals surface area contributed by atoms with Gasteiger partial charge in [0.2, 0.25) is 0 Å². The number of carbonyl (C=O) groups excluding carboxylic acids is 1. The van der Waals surface area contributed by atoms with Gasteiger partial charge in [-0.15, -0.1) is 0 Å². The molecule has 0 bridgehead atoms. The van der Waals surface area contributed by atoms with Gasteiger partial charge in [-0.2, -0.15) is 0 Å². The lowest BCUT2D eigenvalue weighted by molar-refractivity contribution is 0.0684. The number of aliphatic hydroxyl groups is 2. The lowest BCUT2D eigenvalue weighted by Gasteiger charge is -2.20. The Labute approximate surface area is 98.4 Å². The average Bonchev–Trinajstić information content (AvgIpc) is 2.31. The molecule has 17 heavy (non-hydrogen) atoms. The molecule has 0 aromatic heterocycles. The predicted octanol–water partition coefficient (Wildman–Crippen LogP) is -0.475. The zero-order chi connectivity index (χ0) is 12.8. The highest BCUT2D eigenvalue weighted by atomic mass is 16.3. The number of carbonyl (C=O) groups is 1. The maximum atomic E-state index is 11.9. The number of aromatic hydroxyl groups is 2. The Balaban J connectivity index is 2.88. The summed E-state index contributed by atoms with van der Waals surface area (Å²) in [4.78, 5) is 13.2. The van der Waals surface area contributed by atoms with Crippen LogP contribution < -0.4 is 0 Å². The highest BCUT2D eigenvalue weighted by Gasteiger charge is 2.16. The molecular weight excluding hydrogens is 226 g/mol. The van der Waals surface area contributed by atoms with E-state index in [0.717, 1.165) is 6.07 Å². The largest absolute Gasteiger partial charge is 0.504 e. The molecule has 0 atom stereocenters. The molecule has 0 fully saturated rings. The third kappa shape index (κ3) is 3.33. The summed E-state index contributed by atoms with van der Waals surface area (Å²) in [6.45, 7) is -0.228. The monoisotopic (exact) mass is 241 g/mol. The Bertz CT molecular complexity index is 387. The Morgan fingerprint density at radius 3 is 2.12 bits per heavy atom. The molecule has 0 aliphatic rings. The quantitative estimate of drug-likeness (QED) is 0.522. The second-order valence-corrected chi connectivity index (χ2v) is 3.44. The second kappa shape index (κ2) is 6.07. The van der Waals surface area contributed by atoms with E-state index in [-0.39, 0.29) is 43.4 Å². The van der Waals surface area contributed by atoms with Gasteiger partial charge in [0, 0.05) is 18.7 Å². The first-order valence-electron chi connectivity index (χ1n) is 5.13. The molecule has 0 unspecified atom stereocenters. The van der Waals surface area contributed by atoms with Gasteiger partial charge in [0.05, 0.1) is 13.2 Å². The molecule has 1 rings (SSSR count). The molecule has 0 saturated heterocycles. The van der Waals surface area contributed by atoms with Crippen molar-refractivity contribution < 1.29 is 25.2 Å². The normalized spacial score (nSPS) is 10.2. The Morgan fingerprint density at radius 1 is 1.06 bits per heavy atom. The summed E-state index contributed by atoms with van der Waals surface area (Å²) in [6, 6.07) is 3.71. The van der Waals surface area contributed by atoms with Crippen LogP contribution in [0.15, 0.2) is 18.2 Å². The molecule has 0 saturated carbocycles. The third-order valence-corrected chi connectivity index (χ3v) is 2.25. The van der Waals surface area contributed by atoms with E-state index in [2.05, 4.69) is 0 Å². The van der Waals surface area contributed by atoms with Gasteiger partial charge >= 0.3 is 0 Å². The van der Waals surface area contributed by atoms with E-state index in [4.69, 9.17) is 15.3 Å². The van der Waals surface area contributed by atoms with Crippen LogP contribution >= 0.6 is 0 Å². The highest BCUT2D eigenvalue weighted by Crippen LogP contribution is 2.25. The summed E-state index contributed by atoms with van der Waals surface area (Å²) in [5.41, 5.74) is 0.183. The van der Waals surface area contributed by atoms with Crippen LogP contribution in [0.1, 0.15) is 10.4 Å². The standard InChI is InChI=1S/C11H15NO5/c13-5-3-12(4-6-14)11(17)8-1-2-9(15)10(16)7-8/h1-2,7,13-16H,3-6H2. The maximum Gasteiger partial charge on any atom is 0.254 e. The van der Waals surface area contributed by atoms with Crippen LogP contribution in [0.25, 0.3) is 0 Å². The molecule has 6 nitrogen and oxygen atoms in total. The van der Waals surface area contributed by atoms with Crippen LogP contribution in [0.2, 0.25) is 0 Å². The van der Waals surface area contributed by atoms with Crippen molar-refractivity contribution in [2.75, 3.05) is 26.3 Å². The number of rotatable bonds is 5. The fourth-order valence-corrected chi connectivity index (χ4v) is 1.40. The molecule has 0 spiro atoms. The zero-order valence-electron chi connectivity index (χ0n) is 9.20. The number of amides is 1. The lowest BCUT2D eigenvalue weighted by Crippen LogP contribution is -2.35. The van der Waals surface area contributed by atoms with Crippen LogP contribution in [-0.2, 0) is 0 Å². The van der Waals surface area contributed by atoms with Crippen molar-refractivity contribution in [2.24, 2.45) is 0 Å². The van der Waals surface area contributed by atoms with Crippen molar-refractivity contribution in [1.29, 1.82) is 0 Å². The molecule has 6 heteroatoms. The average molecular weight is 241 g/mol. The van der Waals surface area contributed by atoms with E-state index >= 15 is 0 Å². The fraction of sp³-hybridized carbons (Fsp3) is 0.364. The van der Waals surface area contributed by atoms with E-state index in [1.165, 1.54) is 17.0 Å². The van der Waals surface area contributed by atoms with Gasteiger partial charge in [-0.3, -0.25) is 4.79 Å². The van der Waals surface area contributed by atoms with Crippen molar-refractivity contribution in [1.82, 2.24) is 4.90 Å². The van der Waals surface area contributed by atoms with Crippen molar-refractivity contribution in [3.8, 4) is 11.5 Å². The smallest absolute Gasteiger partial charge is 0.254 e. The molecule has 0 radical (unpaired) electrons. The first-order valence-corrected chi connectivity index (χ1v) is 5.13. The van der Waals surface area contributed by atoms with Crippen molar-refractivity contribution in [2.45, 2.75) is 0 Å². The molecule has 1 aromatic rings. The fourth-order valence-electron chi connectivity index (χ4n) is 1.40. The van der Waals surface area contributed by atoms with E-state index in [9.17, 15) is 9.90 Å². The SMILES string of the molecule is O=C(c1ccc(O)c(O)c1)N(CCO)CCO. The Morgan fingerprint density at radius 2 is 1.65 bits per heavy atom. The summed E-state index contributed by atoms with van der Waals surface area (Å²) < 4.78 is 0. The van der Waals surface area contributed by atoms with Gasteiger partial charge in [0.1, 0.15) is 0 Å². The van der Waals surface area contributed by atoms with Gasteiger partial charge in [-0.05, 0) is 18.2 Å². The predicted molar refractivity (Wildman–Crippen MR) is 59.8 cm³/mol. The van der Waals surface area contributed by atoms with Crippen LogP contribution in [0.3, 0.4) is 0 Å². The van der Waals surface area contributed by atoms with E-state index in [1.54, 1.807) is 0 Å². The third-order valence-electron chi connectivity index (χ3n) is 2.25. The molecular formula is C11H15NO5. The van der Waals surface area contributed by atoms with Crippen molar-refractivity contribution >= 4 is 5.91 Å². The van der Waals surface area contributed by atoms with Crippen molar-refractivity contribution in [3.05, 3.63) is 23.8 Å². The first kappa shape index (κ1) is 13.3. The summed E-state index contributed by atoms with van der Waals surface area (Å²) in [7, 11) is 0. The van der Waals surface area contributed by atoms with Crippen LogP contribution in [0, 0.1) is 0 Å². The minimum atomic E-state index is -0.427. The van der Waals surface area contributed by atoms with Crippen molar-refractivity contribution in [3.63, 3.8) is 0 Å². The summed E-state index contributed by atoms with van der Waals surface area (Å²) in [6.07, 6.45) is 0. The van der Waals surface area contributed by atoms with Gasteiger partial charge < -0.3 is 25.3 Å². The number of phenolic OH excluding ortho intramolecular Hbond substituents is 2. The number of hydrogen-bond acceptors (Lipinski definition) is 5. The minimum absolute atomic E-state index is 0.0982. The molecule has 0 heterocycles. The van der Waals surface area contributed by atoms with Crippen LogP contribution in [0.4, 0.5) is 0 Å².